The molecule has 118 valence electrons. The van der Waals surface area contributed by atoms with Crippen molar-refractivity contribution in [3.05, 3.63) is 65.1 Å². The molecule has 2 N–H and O–H groups in total. The second-order valence-electron chi connectivity index (χ2n) is 5.23. The Kier molecular flexibility index (Phi) is 4.60. The van der Waals surface area contributed by atoms with Gasteiger partial charge in [-0.1, -0.05) is 17.7 Å². The number of benzene rings is 1. The van der Waals surface area contributed by atoms with E-state index in [1.807, 2.05) is 24.3 Å². The fourth-order valence-electron chi connectivity index (χ4n) is 2.47. The Bertz CT molecular complexity index is 817. The molecule has 1 amide bonds. The maximum Gasteiger partial charge on any atom is 0.270 e. The molecule has 3 aromatic rings. The summed E-state index contributed by atoms with van der Waals surface area (Å²) in [6.45, 7) is 0.547. The molecular formula is C17H16ClN3O2. The van der Waals surface area contributed by atoms with E-state index < -0.39 is 0 Å². The summed E-state index contributed by atoms with van der Waals surface area (Å²) in [4.78, 5) is 21.5. The molecule has 6 heteroatoms. The van der Waals surface area contributed by atoms with E-state index >= 15 is 0 Å². The Labute approximate surface area is 138 Å². The van der Waals surface area contributed by atoms with Gasteiger partial charge in [0.2, 0.25) is 0 Å². The minimum absolute atomic E-state index is 0.0991. The summed E-state index contributed by atoms with van der Waals surface area (Å²) in [5.74, 6) is -0.171. The van der Waals surface area contributed by atoms with Crippen LogP contribution in [0.2, 0.25) is 5.02 Å². The number of fused-ring (bicyclic) bond motifs is 1. The largest absolute Gasteiger partial charge is 0.395 e. The van der Waals surface area contributed by atoms with Gasteiger partial charge in [-0.25, -0.2) is 0 Å². The van der Waals surface area contributed by atoms with Gasteiger partial charge in [0.15, 0.2) is 0 Å². The average molecular weight is 330 g/mol. The number of aliphatic hydroxyl groups excluding tert-OH is 1. The summed E-state index contributed by atoms with van der Waals surface area (Å²) < 4.78 is 0. The van der Waals surface area contributed by atoms with Crippen molar-refractivity contribution >= 4 is 28.4 Å². The van der Waals surface area contributed by atoms with E-state index in [-0.39, 0.29) is 19.1 Å². The van der Waals surface area contributed by atoms with Crippen molar-refractivity contribution in [2.24, 2.45) is 0 Å². The molecule has 0 saturated heterocycles. The number of pyridine rings is 1. The van der Waals surface area contributed by atoms with E-state index in [9.17, 15) is 9.90 Å². The average Bonchev–Trinajstić information content (AvgIpc) is 2.98. The van der Waals surface area contributed by atoms with Crippen LogP contribution in [-0.2, 0) is 6.54 Å². The van der Waals surface area contributed by atoms with Crippen molar-refractivity contribution in [3.63, 3.8) is 0 Å². The SMILES string of the molecule is O=C(c1cc2cc(Cl)ccc2[nH]1)N(CCO)Cc1cccnc1. The van der Waals surface area contributed by atoms with Crippen LogP contribution in [-0.4, -0.2) is 39.0 Å². The maximum absolute atomic E-state index is 12.7. The third kappa shape index (κ3) is 3.52. The zero-order valence-electron chi connectivity index (χ0n) is 12.4. The third-order valence-electron chi connectivity index (χ3n) is 3.57. The molecule has 0 radical (unpaired) electrons. The highest BCUT2D eigenvalue weighted by atomic mass is 35.5. The molecule has 0 saturated carbocycles. The molecule has 0 aliphatic rings. The molecule has 23 heavy (non-hydrogen) atoms. The Morgan fingerprint density at radius 2 is 2.17 bits per heavy atom. The topological polar surface area (TPSA) is 69.2 Å². The molecule has 2 heterocycles. The number of carbonyl (C=O) groups is 1. The lowest BCUT2D eigenvalue weighted by Gasteiger charge is -2.21. The number of hydrogen-bond donors (Lipinski definition) is 2. The molecule has 0 aliphatic heterocycles. The number of rotatable bonds is 5. The normalized spacial score (nSPS) is 10.9. The van der Waals surface area contributed by atoms with Gasteiger partial charge < -0.3 is 15.0 Å². The molecular weight excluding hydrogens is 314 g/mol. The molecule has 2 aromatic heterocycles. The monoisotopic (exact) mass is 329 g/mol. The van der Waals surface area contributed by atoms with Crippen molar-refractivity contribution in [1.82, 2.24) is 14.9 Å². The van der Waals surface area contributed by atoms with Crippen molar-refractivity contribution in [1.29, 1.82) is 0 Å². The molecule has 0 unspecified atom stereocenters. The lowest BCUT2D eigenvalue weighted by atomic mass is 10.2. The van der Waals surface area contributed by atoms with E-state index in [2.05, 4.69) is 9.97 Å². The van der Waals surface area contributed by atoms with Crippen molar-refractivity contribution < 1.29 is 9.90 Å². The second-order valence-corrected chi connectivity index (χ2v) is 5.66. The predicted molar refractivity (Wildman–Crippen MR) is 89.4 cm³/mol. The Balaban J connectivity index is 1.87. The summed E-state index contributed by atoms with van der Waals surface area (Å²) in [6, 6.07) is 10.9. The molecule has 0 spiro atoms. The lowest BCUT2D eigenvalue weighted by Crippen LogP contribution is -2.33. The Morgan fingerprint density at radius 1 is 1.30 bits per heavy atom. The lowest BCUT2D eigenvalue weighted by molar-refractivity contribution is 0.0703. The van der Waals surface area contributed by atoms with Crippen LogP contribution in [0.1, 0.15) is 16.1 Å². The number of aromatic nitrogens is 2. The highest BCUT2D eigenvalue weighted by Crippen LogP contribution is 2.21. The number of halogens is 1. The Hall–Kier alpha value is -2.37. The van der Waals surface area contributed by atoms with Crippen LogP contribution < -0.4 is 0 Å². The standard InChI is InChI=1S/C17H16ClN3O2/c18-14-3-4-15-13(8-14)9-16(20-15)17(23)21(6-7-22)11-12-2-1-5-19-10-12/h1-5,8-10,20,22H,6-7,11H2. The van der Waals surface area contributed by atoms with Crippen LogP contribution in [0.3, 0.4) is 0 Å². The van der Waals surface area contributed by atoms with Gasteiger partial charge >= 0.3 is 0 Å². The van der Waals surface area contributed by atoms with Crippen LogP contribution in [0.5, 0.6) is 0 Å². The summed E-state index contributed by atoms with van der Waals surface area (Å²) in [5.41, 5.74) is 2.23. The van der Waals surface area contributed by atoms with Gasteiger partial charge in [-0.05, 0) is 35.9 Å². The molecule has 1 aromatic carbocycles. The zero-order valence-corrected chi connectivity index (χ0v) is 13.1. The molecule has 0 aliphatic carbocycles. The fourth-order valence-corrected chi connectivity index (χ4v) is 2.65. The number of nitrogens with one attached hydrogen (secondary N) is 1. The number of aliphatic hydroxyl groups is 1. The van der Waals surface area contributed by atoms with E-state index in [1.165, 1.54) is 0 Å². The van der Waals surface area contributed by atoms with Gasteiger partial charge in [0.1, 0.15) is 5.69 Å². The van der Waals surface area contributed by atoms with Gasteiger partial charge in [0, 0.05) is 41.4 Å². The molecule has 5 nitrogen and oxygen atoms in total. The van der Waals surface area contributed by atoms with Crippen molar-refractivity contribution in [2.45, 2.75) is 6.54 Å². The van der Waals surface area contributed by atoms with Gasteiger partial charge in [-0.2, -0.15) is 0 Å². The summed E-state index contributed by atoms with van der Waals surface area (Å²) in [7, 11) is 0. The highest BCUT2D eigenvalue weighted by Gasteiger charge is 2.18. The zero-order chi connectivity index (χ0) is 16.2. The first-order valence-corrected chi connectivity index (χ1v) is 7.62. The van der Waals surface area contributed by atoms with Gasteiger partial charge in [-0.15, -0.1) is 0 Å². The number of hydrogen-bond acceptors (Lipinski definition) is 3. The predicted octanol–water partition coefficient (Wildman–Crippen LogP) is 2.85. The molecule has 0 bridgehead atoms. The Morgan fingerprint density at radius 3 is 2.91 bits per heavy atom. The van der Waals surface area contributed by atoms with Crippen LogP contribution in [0, 0.1) is 0 Å². The van der Waals surface area contributed by atoms with E-state index in [0.717, 1.165) is 16.5 Å². The van der Waals surface area contributed by atoms with E-state index in [1.54, 1.807) is 29.4 Å². The number of amides is 1. The van der Waals surface area contributed by atoms with E-state index in [4.69, 9.17) is 11.6 Å². The first-order valence-electron chi connectivity index (χ1n) is 7.24. The minimum Gasteiger partial charge on any atom is -0.395 e. The van der Waals surface area contributed by atoms with Crippen LogP contribution in [0.25, 0.3) is 10.9 Å². The van der Waals surface area contributed by atoms with Crippen LogP contribution >= 0.6 is 11.6 Å². The fraction of sp³-hybridized carbons (Fsp3) is 0.176. The smallest absolute Gasteiger partial charge is 0.270 e. The molecule has 0 atom stereocenters. The highest BCUT2D eigenvalue weighted by molar-refractivity contribution is 6.31. The quantitative estimate of drug-likeness (QED) is 0.756. The van der Waals surface area contributed by atoms with Crippen molar-refractivity contribution in [3.8, 4) is 0 Å². The number of nitrogens with zero attached hydrogens (tertiary/aromatic N) is 2. The van der Waals surface area contributed by atoms with Crippen molar-refractivity contribution in [2.75, 3.05) is 13.2 Å². The summed E-state index contributed by atoms with van der Waals surface area (Å²) >= 11 is 5.98. The molecule has 0 fully saturated rings. The van der Waals surface area contributed by atoms with Gasteiger partial charge in [-0.3, -0.25) is 9.78 Å². The van der Waals surface area contributed by atoms with Gasteiger partial charge in [0.05, 0.1) is 6.61 Å². The summed E-state index contributed by atoms with van der Waals surface area (Å²) in [5, 5.41) is 10.8. The minimum atomic E-state index is -0.171. The van der Waals surface area contributed by atoms with Crippen LogP contribution in [0.15, 0.2) is 48.8 Å². The van der Waals surface area contributed by atoms with Gasteiger partial charge in [0.25, 0.3) is 5.91 Å². The number of aromatic amines is 1. The molecule has 3 rings (SSSR count). The number of H-pyrrole nitrogens is 1. The van der Waals surface area contributed by atoms with Crippen LogP contribution in [0.4, 0.5) is 0 Å². The summed E-state index contributed by atoms with van der Waals surface area (Å²) in [6.07, 6.45) is 3.39. The maximum atomic E-state index is 12.7. The third-order valence-corrected chi connectivity index (χ3v) is 3.80. The first-order chi connectivity index (χ1) is 11.2. The first kappa shape index (κ1) is 15.5. The number of carbonyl (C=O) groups excluding carboxylic acids is 1. The second kappa shape index (κ2) is 6.81. The van der Waals surface area contributed by atoms with E-state index in [0.29, 0.717) is 17.3 Å².